The first kappa shape index (κ1) is 12.4. The van der Waals surface area contributed by atoms with Crippen molar-refractivity contribution in [1.29, 1.82) is 0 Å². The molecule has 6 heteroatoms. The molecule has 6 nitrogen and oxygen atoms in total. The number of pyridine rings is 1. The lowest BCUT2D eigenvalue weighted by molar-refractivity contribution is -0.388. The summed E-state index contributed by atoms with van der Waals surface area (Å²) in [5.41, 5.74) is 9.32. The molecule has 1 atom stereocenters. The molecule has 3 rings (SSSR count). The van der Waals surface area contributed by atoms with E-state index in [-0.39, 0.29) is 11.9 Å². The molecule has 0 amide bonds. The zero-order valence-corrected chi connectivity index (χ0v) is 10.7. The Labute approximate surface area is 115 Å². The summed E-state index contributed by atoms with van der Waals surface area (Å²) >= 11 is 0. The molecule has 0 aliphatic heterocycles. The van der Waals surface area contributed by atoms with E-state index in [1.165, 1.54) is 11.8 Å². The van der Waals surface area contributed by atoms with Crippen LogP contribution in [-0.2, 0) is 6.42 Å². The van der Waals surface area contributed by atoms with Gasteiger partial charge in [-0.05, 0) is 58.1 Å². The fourth-order valence-electron chi connectivity index (χ4n) is 2.63. The third kappa shape index (κ3) is 2.16. The van der Waals surface area contributed by atoms with Crippen molar-refractivity contribution in [3.63, 3.8) is 0 Å². The van der Waals surface area contributed by atoms with Crippen molar-refractivity contribution in [1.82, 2.24) is 4.98 Å². The van der Waals surface area contributed by atoms with Gasteiger partial charge >= 0.3 is 5.82 Å². The number of rotatable bonds is 3. The van der Waals surface area contributed by atoms with E-state index in [2.05, 4.69) is 10.3 Å². The fraction of sp³-hybridized carbons (Fsp3) is 0.214. The van der Waals surface area contributed by atoms with Crippen molar-refractivity contribution in [3.8, 4) is 0 Å². The van der Waals surface area contributed by atoms with Crippen LogP contribution < -0.4 is 11.1 Å². The number of hydrogen-bond donors (Lipinski definition) is 2. The average molecular weight is 270 g/mol. The van der Waals surface area contributed by atoms with E-state index in [4.69, 9.17) is 5.73 Å². The zero-order chi connectivity index (χ0) is 14.1. The normalized spacial score (nSPS) is 16.7. The van der Waals surface area contributed by atoms with Crippen LogP contribution in [0.5, 0.6) is 0 Å². The highest BCUT2D eigenvalue weighted by atomic mass is 16.6. The maximum atomic E-state index is 11.0. The molecule has 20 heavy (non-hydrogen) atoms. The topological polar surface area (TPSA) is 94.1 Å². The Morgan fingerprint density at radius 2 is 2.25 bits per heavy atom. The van der Waals surface area contributed by atoms with Gasteiger partial charge in [0.1, 0.15) is 11.9 Å². The monoisotopic (exact) mass is 270 g/mol. The van der Waals surface area contributed by atoms with Gasteiger partial charge in [-0.2, -0.15) is 0 Å². The summed E-state index contributed by atoms with van der Waals surface area (Å²) in [6, 6.07) is 9.24. The molecule has 0 saturated carbocycles. The average Bonchev–Trinajstić information content (AvgIpc) is 2.81. The number of nitro groups is 1. The SMILES string of the molecule is Nc1ccc2c(c1)CCC2Nc1cccnc1[N+](=O)[O-]. The summed E-state index contributed by atoms with van der Waals surface area (Å²) < 4.78 is 0. The number of fused-ring (bicyclic) bond motifs is 1. The number of hydrogen-bond acceptors (Lipinski definition) is 5. The molecule has 1 aliphatic carbocycles. The Morgan fingerprint density at radius 1 is 1.40 bits per heavy atom. The van der Waals surface area contributed by atoms with Crippen molar-refractivity contribution < 1.29 is 4.92 Å². The number of anilines is 2. The molecule has 102 valence electrons. The van der Waals surface area contributed by atoms with Gasteiger partial charge < -0.3 is 21.2 Å². The minimum Gasteiger partial charge on any atom is -0.399 e. The van der Waals surface area contributed by atoms with Crippen LogP contribution in [0.1, 0.15) is 23.6 Å². The standard InChI is InChI=1S/C14H14N4O2/c15-10-4-5-11-9(8-10)3-6-12(11)17-13-2-1-7-16-14(13)18(19)20/h1-2,4-5,7-8,12,17H,3,6,15H2. The van der Waals surface area contributed by atoms with Crippen molar-refractivity contribution in [2.24, 2.45) is 0 Å². The molecule has 0 radical (unpaired) electrons. The number of nitrogens with zero attached hydrogens (tertiary/aromatic N) is 2. The Kier molecular flexibility index (Phi) is 2.98. The van der Waals surface area contributed by atoms with E-state index in [0.717, 1.165) is 24.1 Å². The third-order valence-electron chi connectivity index (χ3n) is 3.53. The Balaban J connectivity index is 1.90. The van der Waals surface area contributed by atoms with Crippen molar-refractivity contribution >= 4 is 17.2 Å². The van der Waals surface area contributed by atoms with Gasteiger partial charge in [-0.15, -0.1) is 0 Å². The predicted molar refractivity (Wildman–Crippen MR) is 76.4 cm³/mol. The molecule has 3 N–H and O–H groups in total. The number of aromatic nitrogens is 1. The highest BCUT2D eigenvalue weighted by Crippen LogP contribution is 2.36. The van der Waals surface area contributed by atoms with Crippen LogP contribution in [0.4, 0.5) is 17.2 Å². The molecule has 1 aromatic carbocycles. The van der Waals surface area contributed by atoms with Gasteiger partial charge in [-0.3, -0.25) is 0 Å². The van der Waals surface area contributed by atoms with Gasteiger partial charge in [0.15, 0.2) is 0 Å². The van der Waals surface area contributed by atoms with Crippen LogP contribution in [0.25, 0.3) is 0 Å². The van der Waals surface area contributed by atoms with Crippen molar-refractivity contribution in [2.45, 2.75) is 18.9 Å². The Hall–Kier alpha value is -2.63. The summed E-state index contributed by atoms with van der Waals surface area (Å²) in [4.78, 5) is 14.3. The molecule has 2 aromatic rings. The van der Waals surface area contributed by atoms with E-state index in [0.29, 0.717) is 5.69 Å². The summed E-state index contributed by atoms with van der Waals surface area (Å²) in [6.07, 6.45) is 3.24. The molecule has 1 aromatic heterocycles. The first-order chi connectivity index (χ1) is 9.65. The van der Waals surface area contributed by atoms with E-state index in [1.54, 1.807) is 12.1 Å². The number of aryl methyl sites for hydroxylation is 1. The smallest absolute Gasteiger partial charge is 0.386 e. The Bertz CT molecular complexity index is 672. The van der Waals surface area contributed by atoms with Crippen LogP contribution in [0, 0.1) is 10.1 Å². The fourth-order valence-corrected chi connectivity index (χ4v) is 2.63. The summed E-state index contributed by atoms with van der Waals surface area (Å²) in [7, 11) is 0. The highest BCUT2D eigenvalue weighted by Gasteiger charge is 2.25. The van der Waals surface area contributed by atoms with E-state index in [1.807, 2.05) is 18.2 Å². The largest absolute Gasteiger partial charge is 0.399 e. The maximum absolute atomic E-state index is 11.0. The van der Waals surface area contributed by atoms with Crippen LogP contribution in [0.3, 0.4) is 0 Å². The van der Waals surface area contributed by atoms with Gasteiger partial charge in [0, 0.05) is 5.69 Å². The second-order valence-electron chi connectivity index (χ2n) is 4.83. The lowest BCUT2D eigenvalue weighted by atomic mass is 10.1. The first-order valence-corrected chi connectivity index (χ1v) is 6.39. The van der Waals surface area contributed by atoms with Gasteiger partial charge in [-0.1, -0.05) is 6.07 Å². The third-order valence-corrected chi connectivity index (χ3v) is 3.53. The Morgan fingerprint density at radius 3 is 3.05 bits per heavy atom. The van der Waals surface area contributed by atoms with Crippen LogP contribution in [-0.4, -0.2) is 9.91 Å². The number of nitrogen functional groups attached to an aromatic ring is 1. The van der Waals surface area contributed by atoms with Crippen LogP contribution >= 0.6 is 0 Å². The number of benzene rings is 1. The second kappa shape index (κ2) is 4.80. The molecule has 1 aliphatic rings. The van der Waals surface area contributed by atoms with E-state index < -0.39 is 4.92 Å². The van der Waals surface area contributed by atoms with Crippen molar-refractivity contribution in [3.05, 3.63) is 57.8 Å². The second-order valence-corrected chi connectivity index (χ2v) is 4.83. The molecular weight excluding hydrogens is 256 g/mol. The van der Waals surface area contributed by atoms with E-state index in [9.17, 15) is 10.1 Å². The first-order valence-electron chi connectivity index (χ1n) is 6.39. The lowest BCUT2D eigenvalue weighted by Gasteiger charge is -2.15. The van der Waals surface area contributed by atoms with Gasteiger partial charge in [0.05, 0.1) is 6.04 Å². The maximum Gasteiger partial charge on any atom is 0.386 e. The van der Waals surface area contributed by atoms with Crippen LogP contribution in [0.2, 0.25) is 0 Å². The van der Waals surface area contributed by atoms with Crippen molar-refractivity contribution in [2.75, 3.05) is 11.1 Å². The van der Waals surface area contributed by atoms with Crippen LogP contribution in [0.15, 0.2) is 36.5 Å². The summed E-state index contributed by atoms with van der Waals surface area (Å²) in [5.74, 6) is -0.142. The van der Waals surface area contributed by atoms with E-state index >= 15 is 0 Å². The molecule has 0 fully saturated rings. The molecule has 0 bridgehead atoms. The molecular formula is C14H14N4O2. The minimum atomic E-state index is -0.471. The quantitative estimate of drug-likeness (QED) is 0.508. The van der Waals surface area contributed by atoms with Gasteiger partial charge in [0.25, 0.3) is 0 Å². The minimum absolute atomic E-state index is 0.0634. The molecule has 1 heterocycles. The van der Waals surface area contributed by atoms with Gasteiger partial charge in [0.2, 0.25) is 0 Å². The molecule has 1 unspecified atom stereocenters. The summed E-state index contributed by atoms with van der Waals surface area (Å²) in [6.45, 7) is 0. The zero-order valence-electron chi connectivity index (χ0n) is 10.7. The number of nitrogens with one attached hydrogen (secondary N) is 1. The molecule has 0 saturated heterocycles. The predicted octanol–water partition coefficient (Wildman–Crippen LogP) is 2.67. The lowest BCUT2D eigenvalue weighted by Crippen LogP contribution is -2.09. The molecule has 0 spiro atoms. The highest BCUT2D eigenvalue weighted by molar-refractivity contribution is 5.59. The summed E-state index contributed by atoms with van der Waals surface area (Å²) in [5, 5.41) is 14.2. The number of nitrogens with two attached hydrogens (primary N) is 1. The van der Waals surface area contributed by atoms with Gasteiger partial charge in [-0.25, -0.2) is 0 Å².